The Morgan fingerprint density at radius 2 is 1.88 bits per heavy atom. The fourth-order valence-electron chi connectivity index (χ4n) is 2.85. The summed E-state index contributed by atoms with van der Waals surface area (Å²) in [4.78, 5) is 48.8. The minimum absolute atomic E-state index is 0.0212. The molecule has 3 rings (SSSR count). The van der Waals surface area contributed by atoms with E-state index >= 15 is 0 Å². The van der Waals surface area contributed by atoms with Crippen molar-refractivity contribution in [3.8, 4) is 5.75 Å². The average molecular weight is 497 g/mol. The number of carbonyl (C=O) groups is 4. The smallest absolute Gasteiger partial charge is 0.373 e. The molecule has 10 nitrogen and oxygen atoms in total. The quantitative estimate of drug-likeness (QED) is 0.334. The largest absolute Gasteiger partial charge is 0.479 e. The number of rotatable bonds is 8. The molecule has 1 aliphatic rings. The molecular formula is C21H18Cl2N2O8. The SMILES string of the molecule is CCOC(=O)COc1c(Cl)cc(C=C2NC(=O)N(Cc3ccc(C(=O)OC)o3)C2=O)cc1Cl. The molecule has 1 saturated heterocycles. The lowest BCUT2D eigenvalue weighted by Gasteiger charge is -2.10. The highest BCUT2D eigenvalue weighted by atomic mass is 35.5. The molecule has 12 heteroatoms. The Morgan fingerprint density at radius 3 is 2.52 bits per heavy atom. The van der Waals surface area contributed by atoms with E-state index in [1.165, 1.54) is 37.5 Å². The second-order valence-electron chi connectivity index (χ2n) is 6.54. The molecule has 33 heavy (non-hydrogen) atoms. The molecule has 0 aliphatic carbocycles. The molecule has 1 N–H and O–H groups in total. The number of hydrogen-bond acceptors (Lipinski definition) is 8. The van der Waals surface area contributed by atoms with Crippen LogP contribution in [0.25, 0.3) is 6.08 Å². The van der Waals surface area contributed by atoms with Gasteiger partial charge in [0.2, 0.25) is 5.76 Å². The van der Waals surface area contributed by atoms with Gasteiger partial charge in [-0.3, -0.25) is 9.69 Å². The highest BCUT2D eigenvalue weighted by Gasteiger charge is 2.34. The van der Waals surface area contributed by atoms with Gasteiger partial charge in [0.25, 0.3) is 5.91 Å². The maximum Gasteiger partial charge on any atom is 0.373 e. The molecule has 0 radical (unpaired) electrons. The summed E-state index contributed by atoms with van der Waals surface area (Å²) in [5.74, 6) is -1.63. The van der Waals surface area contributed by atoms with E-state index in [0.29, 0.717) is 5.56 Å². The number of ether oxygens (including phenoxy) is 3. The number of benzene rings is 1. The second kappa shape index (κ2) is 10.4. The Kier molecular flexibility index (Phi) is 7.62. The van der Waals surface area contributed by atoms with Crippen molar-refractivity contribution in [3.63, 3.8) is 0 Å². The van der Waals surface area contributed by atoms with E-state index in [1.807, 2.05) is 0 Å². The predicted molar refractivity (Wildman–Crippen MR) is 116 cm³/mol. The van der Waals surface area contributed by atoms with E-state index in [-0.39, 0.29) is 52.8 Å². The highest BCUT2D eigenvalue weighted by molar-refractivity contribution is 6.37. The Bertz CT molecular complexity index is 1120. The maximum atomic E-state index is 12.7. The van der Waals surface area contributed by atoms with Crippen molar-refractivity contribution in [1.82, 2.24) is 10.2 Å². The molecular weight excluding hydrogens is 479 g/mol. The molecule has 1 aromatic carbocycles. The first-order valence-electron chi connectivity index (χ1n) is 9.52. The molecule has 2 aromatic rings. The zero-order valence-electron chi connectivity index (χ0n) is 17.5. The van der Waals surface area contributed by atoms with E-state index in [9.17, 15) is 19.2 Å². The summed E-state index contributed by atoms with van der Waals surface area (Å²) in [6.45, 7) is 1.31. The van der Waals surface area contributed by atoms with Gasteiger partial charge in [-0.25, -0.2) is 14.4 Å². The van der Waals surface area contributed by atoms with Crippen LogP contribution >= 0.6 is 23.2 Å². The molecule has 174 valence electrons. The predicted octanol–water partition coefficient (Wildman–Crippen LogP) is 3.41. The van der Waals surface area contributed by atoms with Gasteiger partial charge in [0, 0.05) is 0 Å². The van der Waals surface area contributed by atoms with E-state index in [2.05, 4.69) is 10.1 Å². The van der Waals surface area contributed by atoms with Crippen molar-refractivity contribution in [2.24, 2.45) is 0 Å². The molecule has 1 fully saturated rings. The molecule has 3 amide bonds. The zero-order chi connectivity index (χ0) is 24.1. The maximum absolute atomic E-state index is 12.7. The van der Waals surface area contributed by atoms with Crippen molar-refractivity contribution in [2.45, 2.75) is 13.5 Å². The van der Waals surface area contributed by atoms with Gasteiger partial charge in [-0.05, 0) is 42.8 Å². The number of halogens is 2. The van der Waals surface area contributed by atoms with E-state index in [4.69, 9.17) is 37.1 Å². The lowest BCUT2D eigenvalue weighted by atomic mass is 10.1. The Balaban J connectivity index is 1.74. The number of furan rings is 1. The van der Waals surface area contributed by atoms with Gasteiger partial charge in [0.15, 0.2) is 12.4 Å². The van der Waals surface area contributed by atoms with Crippen LogP contribution in [0.3, 0.4) is 0 Å². The Morgan fingerprint density at radius 1 is 1.18 bits per heavy atom. The van der Waals surface area contributed by atoms with Crippen LogP contribution in [-0.2, 0) is 25.6 Å². The number of nitrogens with zero attached hydrogens (tertiary/aromatic N) is 1. The fraction of sp³-hybridized carbons (Fsp3) is 0.238. The van der Waals surface area contributed by atoms with Crippen molar-refractivity contribution >= 4 is 53.2 Å². The van der Waals surface area contributed by atoms with Gasteiger partial charge >= 0.3 is 18.0 Å². The van der Waals surface area contributed by atoms with Gasteiger partial charge in [0.05, 0.1) is 30.3 Å². The average Bonchev–Trinajstić information content (AvgIpc) is 3.33. The molecule has 1 aliphatic heterocycles. The molecule has 0 atom stereocenters. The summed E-state index contributed by atoms with van der Waals surface area (Å²) in [5, 5.41) is 2.65. The minimum atomic E-state index is -0.678. The van der Waals surface area contributed by atoms with Crippen LogP contribution in [0.4, 0.5) is 4.79 Å². The number of imide groups is 1. The van der Waals surface area contributed by atoms with E-state index in [1.54, 1.807) is 6.92 Å². The number of hydrogen-bond donors (Lipinski definition) is 1. The minimum Gasteiger partial charge on any atom is -0.479 e. The number of methoxy groups -OCH3 is 1. The van der Waals surface area contributed by atoms with Gasteiger partial charge in [-0.15, -0.1) is 0 Å². The van der Waals surface area contributed by atoms with Crippen molar-refractivity contribution in [1.29, 1.82) is 0 Å². The summed E-state index contributed by atoms with van der Waals surface area (Å²) in [6.07, 6.45) is 1.38. The molecule has 2 heterocycles. The van der Waals surface area contributed by atoms with Crippen LogP contribution in [0.5, 0.6) is 5.75 Å². The molecule has 0 spiro atoms. The van der Waals surface area contributed by atoms with Crippen LogP contribution in [0.1, 0.15) is 28.8 Å². The zero-order valence-corrected chi connectivity index (χ0v) is 19.0. The molecule has 0 bridgehead atoms. The second-order valence-corrected chi connectivity index (χ2v) is 7.36. The van der Waals surface area contributed by atoms with Gasteiger partial charge in [-0.2, -0.15) is 0 Å². The summed E-state index contributed by atoms with van der Waals surface area (Å²) in [6, 6.07) is 5.08. The van der Waals surface area contributed by atoms with Gasteiger partial charge < -0.3 is 23.9 Å². The van der Waals surface area contributed by atoms with Crippen LogP contribution in [-0.4, -0.2) is 49.1 Å². The number of carbonyl (C=O) groups excluding carboxylic acids is 4. The third kappa shape index (κ3) is 5.65. The fourth-order valence-corrected chi connectivity index (χ4v) is 3.46. The topological polar surface area (TPSA) is 124 Å². The van der Waals surface area contributed by atoms with E-state index < -0.39 is 23.9 Å². The highest BCUT2D eigenvalue weighted by Crippen LogP contribution is 2.35. The summed E-state index contributed by atoms with van der Waals surface area (Å²) >= 11 is 12.4. The first-order valence-corrected chi connectivity index (χ1v) is 10.3. The third-order valence-electron chi connectivity index (χ3n) is 4.30. The van der Waals surface area contributed by atoms with Crippen LogP contribution in [0, 0.1) is 0 Å². The van der Waals surface area contributed by atoms with Crippen LogP contribution < -0.4 is 10.1 Å². The first-order chi connectivity index (χ1) is 15.7. The standard InChI is InChI=1S/C21H18Cl2N2O8/c1-3-31-17(26)10-32-18-13(22)6-11(7-14(18)23)8-15-19(27)25(21(29)24-15)9-12-4-5-16(33-12)20(28)30-2/h4-8H,3,9-10H2,1-2H3,(H,24,29). The third-order valence-corrected chi connectivity index (χ3v) is 4.86. The van der Waals surface area contributed by atoms with Crippen LogP contribution in [0.15, 0.2) is 34.4 Å². The number of nitrogens with one attached hydrogen (secondary N) is 1. The normalized spacial score (nSPS) is 14.4. The number of esters is 2. The Hall–Kier alpha value is -3.50. The lowest BCUT2D eigenvalue weighted by molar-refractivity contribution is -0.145. The summed E-state index contributed by atoms with van der Waals surface area (Å²) in [5.41, 5.74) is 0.386. The van der Waals surface area contributed by atoms with Crippen molar-refractivity contribution in [2.75, 3.05) is 20.3 Å². The van der Waals surface area contributed by atoms with Crippen molar-refractivity contribution < 1.29 is 37.8 Å². The molecule has 0 unspecified atom stereocenters. The van der Waals surface area contributed by atoms with Gasteiger partial charge in [-0.1, -0.05) is 23.2 Å². The van der Waals surface area contributed by atoms with E-state index in [0.717, 1.165) is 4.90 Å². The summed E-state index contributed by atoms with van der Waals surface area (Å²) in [7, 11) is 1.20. The number of amides is 3. The van der Waals surface area contributed by atoms with Crippen molar-refractivity contribution in [3.05, 3.63) is 57.1 Å². The van der Waals surface area contributed by atoms with Crippen LogP contribution in [0.2, 0.25) is 10.0 Å². The molecule has 0 saturated carbocycles. The molecule has 1 aromatic heterocycles. The monoisotopic (exact) mass is 496 g/mol. The number of urea groups is 1. The summed E-state index contributed by atoms with van der Waals surface area (Å²) < 4.78 is 19.9. The Labute approximate surface area is 198 Å². The van der Waals surface area contributed by atoms with Gasteiger partial charge in [0.1, 0.15) is 11.5 Å². The lowest BCUT2D eigenvalue weighted by Crippen LogP contribution is -2.30. The first kappa shape index (κ1) is 24.1.